The van der Waals surface area contributed by atoms with E-state index in [-0.39, 0.29) is 12.0 Å². The molecule has 1 aliphatic carbocycles. The lowest BCUT2D eigenvalue weighted by Gasteiger charge is -2.45. The summed E-state index contributed by atoms with van der Waals surface area (Å²) in [5, 5.41) is 23.8. The van der Waals surface area contributed by atoms with Gasteiger partial charge >= 0.3 is 6.09 Å². The molecule has 1 atom stereocenters. The summed E-state index contributed by atoms with van der Waals surface area (Å²) in [7, 11) is 1.69. The van der Waals surface area contributed by atoms with E-state index in [1.165, 1.54) is 4.90 Å². The predicted molar refractivity (Wildman–Crippen MR) is 181 cm³/mol. The Hall–Kier alpha value is -4.74. The van der Waals surface area contributed by atoms with Gasteiger partial charge in [0.1, 0.15) is 28.4 Å². The number of anilines is 1. The second-order valence-corrected chi connectivity index (χ2v) is 14.7. The molecule has 2 fully saturated rings. The first kappa shape index (κ1) is 34.1. The summed E-state index contributed by atoms with van der Waals surface area (Å²) in [5.74, 6) is 0.463. The molecule has 4 aromatic heterocycles. The van der Waals surface area contributed by atoms with Crippen molar-refractivity contribution in [2.24, 2.45) is 0 Å². The minimum absolute atomic E-state index is 0.0894. The maximum atomic E-state index is 13.9. The molecule has 6 rings (SSSR count). The smallest absolute Gasteiger partial charge is 0.423 e. The maximum Gasteiger partial charge on any atom is 0.423 e. The molecule has 49 heavy (non-hydrogen) atoms. The van der Waals surface area contributed by atoms with Crippen molar-refractivity contribution in [2.75, 3.05) is 18.6 Å². The van der Waals surface area contributed by atoms with Crippen molar-refractivity contribution in [3.8, 4) is 28.7 Å². The molecule has 14 heteroatoms. The van der Waals surface area contributed by atoms with Crippen LogP contribution in [0.1, 0.15) is 86.3 Å². The zero-order chi connectivity index (χ0) is 35.1. The van der Waals surface area contributed by atoms with Gasteiger partial charge < -0.3 is 18.9 Å². The van der Waals surface area contributed by atoms with Crippen LogP contribution in [0.2, 0.25) is 0 Å². The molecule has 1 saturated carbocycles. The third kappa shape index (κ3) is 7.04. The molecule has 0 radical (unpaired) electrons. The number of fused-ring (bicyclic) bond motifs is 1. The van der Waals surface area contributed by atoms with Gasteiger partial charge in [0.15, 0.2) is 12.1 Å². The molecule has 0 spiro atoms. The summed E-state index contributed by atoms with van der Waals surface area (Å²) in [4.78, 5) is 20.3. The highest BCUT2D eigenvalue weighted by atomic mass is 16.6. The largest absolute Gasteiger partial charge is 0.473 e. The highest BCUT2D eigenvalue weighted by molar-refractivity contribution is 5.90. The monoisotopic (exact) mass is 671 g/mol. The van der Waals surface area contributed by atoms with Gasteiger partial charge in [-0.05, 0) is 86.3 Å². The summed E-state index contributed by atoms with van der Waals surface area (Å²) < 4.78 is 29.0. The van der Waals surface area contributed by atoms with E-state index in [9.17, 15) is 10.1 Å². The number of hydrogen-bond acceptors (Lipinski definition) is 10. The molecule has 14 nitrogen and oxygen atoms in total. The molecular formula is C35H45N9O5. The Morgan fingerprint density at radius 3 is 2.53 bits per heavy atom. The summed E-state index contributed by atoms with van der Waals surface area (Å²) in [6, 6.07) is 5.98. The number of amides is 1. The Kier molecular flexibility index (Phi) is 9.02. The lowest BCUT2D eigenvalue weighted by atomic mass is 9.72. The Bertz CT molecular complexity index is 1850. The van der Waals surface area contributed by atoms with Crippen LogP contribution in [0.3, 0.4) is 0 Å². The lowest BCUT2D eigenvalue weighted by Crippen LogP contribution is -2.50. The minimum Gasteiger partial charge on any atom is -0.473 e. The zero-order valence-corrected chi connectivity index (χ0v) is 29.3. The van der Waals surface area contributed by atoms with Crippen LogP contribution >= 0.6 is 0 Å². The summed E-state index contributed by atoms with van der Waals surface area (Å²) in [5.41, 5.74) is 1.32. The standard InChI is InChI=1S/C35H45N9O5/c1-23(48-33(2,3)4)43(32(45)49-34(5,6)7)29-17-26(40-44(29)30-11-9-10-16-47-30)27-22-41-28(12-15-37-41)31(39-27)24-20-38-42(21-24)35(13-14-36)18-25(19-35)46-8/h12,15,17,20-22,25,30H,1,9-11,13,16,18-19H2,2-8H3. The second-order valence-electron chi connectivity index (χ2n) is 14.7. The van der Waals surface area contributed by atoms with Crippen LogP contribution in [0.15, 0.2) is 49.4 Å². The van der Waals surface area contributed by atoms with E-state index >= 15 is 0 Å². The number of nitrogens with zero attached hydrogens (tertiary/aromatic N) is 9. The Morgan fingerprint density at radius 2 is 1.88 bits per heavy atom. The van der Waals surface area contributed by atoms with Gasteiger partial charge in [-0.25, -0.2) is 19.0 Å². The molecule has 5 heterocycles. The van der Waals surface area contributed by atoms with E-state index in [0.717, 1.165) is 23.9 Å². The van der Waals surface area contributed by atoms with Crippen LogP contribution in [0.5, 0.6) is 0 Å². The van der Waals surface area contributed by atoms with E-state index in [4.69, 9.17) is 29.0 Å². The Labute approximate surface area is 286 Å². The molecule has 1 unspecified atom stereocenters. The van der Waals surface area contributed by atoms with Crippen molar-refractivity contribution < 1.29 is 23.7 Å². The van der Waals surface area contributed by atoms with Crippen LogP contribution < -0.4 is 4.90 Å². The highest BCUT2D eigenvalue weighted by Crippen LogP contribution is 2.44. The van der Waals surface area contributed by atoms with E-state index in [1.807, 2.05) is 37.7 Å². The fraction of sp³-hybridized carbons (Fsp3) is 0.543. The quantitative estimate of drug-likeness (QED) is 0.178. The third-order valence-electron chi connectivity index (χ3n) is 8.57. The first-order valence-electron chi connectivity index (χ1n) is 16.6. The minimum atomic E-state index is -0.784. The summed E-state index contributed by atoms with van der Waals surface area (Å²) >= 11 is 0. The average Bonchev–Trinajstić information content (AvgIpc) is 3.77. The van der Waals surface area contributed by atoms with Crippen LogP contribution in [0.4, 0.5) is 10.6 Å². The van der Waals surface area contributed by atoms with Gasteiger partial charge in [0.05, 0.1) is 53.9 Å². The SMILES string of the molecule is C=C(OC(C)(C)C)N(C(=O)OC(C)(C)C)c1cc(-c2cn3nccc3c(-c3cnn(C4(CC#N)CC(OC)C4)c3)n2)nn1C1CCCCO1. The molecule has 1 amide bonds. The maximum absolute atomic E-state index is 13.9. The molecule has 1 aliphatic heterocycles. The van der Waals surface area contributed by atoms with Crippen LogP contribution in [-0.4, -0.2) is 71.3 Å². The average molecular weight is 672 g/mol. The molecule has 260 valence electrons. The number of methoxy groups -OCH3 is 1. The van der Waals surface area contributed by atoms with E-state index in [1.54, 1.807) is 61.7 Å². The number of aromatic nitrogens is 7. The second kappa shape index (κ2) is 12.9. The van der Waals surface area contributed by atoms with E-state index in [2.05, 4.69) is 22.8 Å². The first-order valence-corrected chi connectivity index (χ1v) is 16.6. The van der Waals surface area contributed by atoms with Gasteiger partial charge in [-0.1, -0.05) is 0 Å². The van der Waals surface area contributed by atoms with Crippen LogP contribution in [0.25, 0.3) is 28.2 Å². The molecule has 1 saturated heterocycles. The van der Waals surface area contributed by atoms with Crippen molar-refractivity contribution in [3.63, 3.8) is 0 Å². The van der Waals surface area contributed by atoms with Gasteiger partial charge in [-0.2, -0.15) is 25.5 Å². The van der Waals surface area contributed by atoms with Crippen molar-refractivity contribution in [2.45, 2.75) is 109 Å². The van der Waals surface area contributed by atoms with E-state index in [0.29, 0.717) is 55.2 Å². The van der Waals surface area contributed by atoms with Gasteiger partial charge in [0, 0.05) is 31.5 Å². The van der Waals surface area contributed by atoms with Crippen LogP contribution in [0, 0.1) is 11.3 Å². The number of rotatable bonds is 9. The number of nitriles is 1. The molecular weight excluding hydrogens is 626 g/mol. The normalized spacial score (nSPS) is 21.2. The summed E-state index contributed by atoms with van der Waals surface area (Å²) in [6.07, 6.45) is 10.5. The number of carbonyl (C=O) groups is 1. The van der Waals surface area contributed by atoms with Gasteiger partial charge in [-0.15, -0.1) is 0 Å². The number of carbonyl (C=O) groups excluding carboxylic acids is 1. The van der Waals surface area contributed by atoms with Crippen molar-refractivity contribution in [3.05, 3.63) is 49.4 Å². The van der Waals surface area contributed by atoms with Crippen molar-refractivity contribution in [1.82, 2.24) is 34.2 Å². The fourth-order valence-corrected chi connectivity index (χ4v) is 6.32. The Morgan fingerprint density at radius 1 is 1.12 bits per heavy atom. The zero-order valence-electron chi connectivity index (χ0n) is 29.3. The van der Waals surface area contributed by atoms with Crippen molar-refractivity contribution in [1.29, 1.82) is 5.26 Å². The molecule has 0 aromatic carbocycles. The first-order chi connectivity index (χ1) is 23.2. The molecule has 0 N–H and O–H groups in total. The predicted octanol–water partition coefficient (Wildman–Crippen LogP) is 6.60. The summed E-state index contributed by atoms with van der Waals surface area (Å²) in [6.45, 7) is 15.8. The highest BCUT2D eigenvalue weighted by Gasteiger charge is 2.47. The molecule has 2 aliphatic rings. The lowest BCUT2D eigenvalue weighted by molar-refractivity contribution is -0.0542. The number of ether oxygens (including phenoxy) is 4. The van der Waals surface area contributed by atoms with E-state index < -0.39 is 29.1 Å². The molecule has 0 bridgehead atoms. The fourth-order valence-electron chi connectivity index (χ4n) is 6.32. The topological polar surface area (TPSA) is 147 Å². The van der Waals surface area contributed by atoms with Gasteiger partial charge in [0.2, 0.25) is 0 Å². The van der Waals surface area contributed by atoms with Crippen LogP contribution in [-0.2, 0) is 24.5 Å². The molecule has 4 aromatic rings. The van der Waals surface area contributed by atoms with Crippen molar-refractivity contribution >= 4 is 17.4 Å². The number of hydrogen-bond donors (Lipinski definition) is 0. The van der Waals surface area contributed by atoms with Gasteiger partial charge in [0.25, 0.3) is 0 Å². The van der Waals surface area contributed by atoms with Gasteiger partial charge in [-0.3, -0.25) is 4.68 Å². The third-order valence-corrected chi connectivity index (χ3v) is 8.57. The Balaban J connectivity index is 1.46.